The van der Waals surface area contributed by atoms with Crippen LogP contribution in [0.3, 0.4) is 0 Å². The lowest BCUT2D eigenvalue weighted by molar-refractivity contribution is 0.462. The maximum absolute atomic E-state index is 4.34. The summed E-state index contributed by atoms with van der Waals surface area (Å²) in [4.78, 5) is 4.34. The Hall–Kier alpha value is -1.65. The molecule has 0 amide bonds. The summed E-state index contributed by atoms with van der Waals surface area (Å²) in [6, 6.07) is 0.546. The lowest BCUT2D eigenvalue weighted by Gasteiger charge is -2.23. The molecule has 5 nitrogen and oxygen atoms in total. The Morgan fingerprint density at radius 2 is 2.12 bits per heavy atom. The zero-order valence-corrected chi connectivity index (χ0v) is 9.13. The van der Waals surface area contributed by atoms with E-state index in [2.05, 4.69) is 20.5 Å². The van der Waals surface area contributed by atoms with Gasteiger partial charge in [0.1, 0.15) is 6.33 Å². The number of rotatable bonds is 2. The minimum atomic E-state index is 0.546. The van der Waals surface area contributed by atoms with E-state index in [1.54, 1.807) is 12.5 Å². The minimum Gasteiger partial charge on any atom is -0.364 e. The van der Waals surface area contributed by atoms with Crippen molar-refractivity contribution in [2.24, 2.45) is 0 Å². The van der Waals surface area contributed by atoms with Crippen molar-refractivity contribution in [1.29, 1.82) is 0 Å². The van der Waals surface area contributed by atoms with Crippen LogP contribution in [0.5, 0.6) is 0 Å². The van der Waals surface area contributed by atoms with E-state index < -0.39 is 0 Å². The molecule has 3 rings (SSSR count). The van der Waals surface area contributed by atoms with Gasteiger partial charge in [0.2, 0.25) is 5.65 Å². The van der Waals surface area contributed by atoms with Crippen molar-refractivity contribution in [3.8, 4) is 0 Å². The third kappa shape index (κ3) is 1.73. The first-order valence-electron chi connectivity index (χ1n) is 5.84. The average Bonchev–Trinajstić information content (AvgIpc) is 2.80. The standard InChI is InChI=1S/C11H15N5/c1-2-4-9(5-3-1)14-10-11-15-13-8-16(11)7-6-12-10/h6-9H,1-5H2,(H,12,14). The molecular formula is C11H15N5. The second-order valence-electron chi connectivity index (χ2n) is 4.32. The highest BCUT2D eigenvalue weighted by Gasteiger charge is 2.15. The van der Waals surface area contributed by atoms with Crippen LogP contribution in [0.4, 0.5) is 5.82 Å². The highest BCUT2D eigenvalue weighted by atomic mass is 15.2. The van der Waals surface area contributed by atoms with E-state index in [4.69, 9.17) is 0 Å². The molecule has 0 aliphatic heterocycles. The average molecular weight is 217 g/mol. The van der Waals surface area contributed by atoms with Crippen LogP contribution in [-0.4, -0.2) is 25.6 Å². The smallest absolute Gasteiger partial charge is 0.203 e. The van der Waals surface area contributed by atoms with Crippen molar-refractivity contribution in [2.75, 3.05) is 5.32 Å². The molecule has 2 heterocycles. The van der Waals surface area contributed by atoms with Crippen molar-refractivity contribution in [3.05, 3.63) is 18.7 Å². The minimum absolute atomic E-state index is 0.546. The number of nitrogens with one attached hydrogen (secondary N) is 1. The third-order valence-electron chi connectivity index (χ3n) is 3.16. The van der Waals surface area contributed by atoms with Gasteiger partial charge in [0, 0.05) is 18.4 Å². The number of nitrogens with zero attached hydrogens (tertiary/aromatic N) is 4. The quantitative estimate of drug-likeness (QED) is 0.834. The highest BCUT2D eigenvalue weighted by Crippen LogP contribution is 2.21. The fraction of sp³-hybridized carbons (Fsp3) is 0.545. The summed E-state index contributed by atoms with van der Waals surface area (Å²) in [6.07, 6.45) is 11.8. The van der Waals surface area contributed by atoms with Crippen molar-refractivity contribution < 1.29 is 0 Å². The summed E-state index contributed by atoms with van der Waals surface area (Å²) in [5.41, 5.74) is 0.813. The number of fused-ring (bicyclic) bond motifs is 1. The van der Waals surface area contributed by atoms with Crippen molar-refractivity contribution >= 4 is 11.5 Å². The van der Waals surface area contributed by atoms with Crippen LogP contribution in [-0.2, 0) is 0 Å². The van der Waals surface area contributed by atoms with Gasteiger partial charge >= 0.3 is 0 Å². The lowest BCUT2D eigenvalue weighted by Crippen LogP contribution is -2.23. The normalized spacial score (nSPS) is 17.8. The molecule has 0 spiro atoms. The molecule has 1 N–H and O–H groups in total. The fourth-order valence-corrected chi connectivity index (χ4v) is 2.30. The molecule has 0 aromatic carbocycles. The van der Waals surface area contributed by atoms with Crippen LogP contribution < -0.4 is 5.32 Å². The van der Waals surface area contributed by atoms with Crippen LogP contribution in [0, 0.1) is 0 Å². The SMILES string of the molecule is c1cn2cnnc2c(NC2CCCCC2)n1. The number of hydrogen-bond acceptors (Lipinski definition) is 4. The predicted molar refractivity (Wildman–Crippen MR) is 61.3 cm³/mol. The van der Waals surface area contributed by atoms with Crippen molar-refractivity contribution in [1.82, 2.24) is 19.6 Å². The second-order valence-corrected chi connectivity index (χ2v) is 4.32. The number of hydrogen-bond donors (Lipinski definition) is 1. The second kappa shape index (κ2) is 4.08. The van der Waals surface area contributed by atoms with Gasteiger partial charge in [0.25, 0.3) is 0 Å². The molecule has 0 radical (unpaired) electrons. The lowest BCUT2D eigenvalue weighted by atomic mass is 9.95. The van der Waals surface area contributed by atoms with E-state index in [9.17, 15) is 0 Å². The first kappa shape index (κ1) is 9.57. The fourth-order valence-electron chi connectivity index (χ4n) is 2.30. The number of anilines is 1. The van der Waals surface area contributed by atoms with Crippen LogP contribution in [0.25, 0.3) is 5.65 Å². The van der Waals surface area contributed by atoms with Gasteiger partial charge in [0.15, 0.2) is 5.82 Å². The molecular weight excluding hydrogens is 202 g/mol. The van der Waals surface area contributed by atoms with E-state index in [0.717, 1.165) is 11.5 Å². The van der Waals surface area contributed by atoms with E-state index >= 15 is 0 Å². The molecule has 16 heavy (non-hydrogen) atoms. The molecule has 0 bridgehead atoms. The van der Waals surface area contributed by atoms with Gasteiger partial charge < -0.3 is 5.32 Å². The highest BCUT2D eigenvalue weighted by molar-refractivity contribution is 5.61. The molecule has 2 aromatic rings. The molecule has 1 aliphatic rings. The first-order valence-corrected chi connectivity index (χ1v) is 5.84. The summed E-state index contributed by atoms with van der Waals surface area (Å²) >= 11 is 0. The summed E-state index contributed by atoms with van der Waals surface area (Å²) in [7, 11) is 0. The summed E-state index contributed by atoms with van der Waals surface area (Å²) in [5, 5.41) is 11.4. The molecule has 0 unspecified atom stereocenters. The van der Waals surface area contributed by atoms with E-state index in [1.807, 2.05) is 10.6 Å². The molecule has 1 fully saturated rings. The molecule has 1 saturated carbocycles. The van der Waals surface area contributed by atoms with Crippen LogP contribution in [0.15, 0.2) is 18.7 Å². The van der Waals surface area contributed by atoms with Gasteiger partial charge in [-0.15, -0.1) is 10.2 Å². The Labute approximate surface area is 93.9 Å². The Morgan fingerprint density at radius 3 is 3.00 bits per heavy atom. The van der Waals surface area contributed by atoms with Crippen molar-refractivity contribution in [3.63, 3.8) is 0 Å². The first-order chi connectivity index (χ1) is 7.93. The van der Waals surface area contributed by atoms with Gasteiger partial charge in [-0.2, -0.15) is 0 Å². The zero-order valence-electron chi connectivity index (χ0n) is 9.13. The van der Waals surface area contributed by atoms with Gasteiger partial charge in [0.05, 0.1) is 0 Å². The number of aromatic nitrogens is 4. The van der Waals surface area contributed by atoms with Gasteiger partial charge in [-0.05, 0) is 12.8 Å². The maximum atomic E-state index is 4.34. The summed E-state index contributed by atoms with van der Waals surface area (Å²) < 4.78 is 1.89. The van der Waals surface area contributed by atoms with Gasteiger partial charge in [-0.1, -0.05) is 19.3 Å². The van der Waals surface area contributed by atoms with E-state index in [1.165, 1.54) is 32.1 Å². The predicted octanol–water partition coefficient (Wildman–Crippen LogP) is 1.87. The molecule has 1 aliphatic carbocycles. The van der Waals surface area contributed by atoms with Gasteiger partial charge in [-0.25, -0.2) is 4.98 Å². The largest absolute Gasteiger partial charge is 0.364 e. The summed E-state index contributed by atoms with van der Waals surface area (Å²) in [5.74, 6) is 0.854. The van der Waals surface area contributed by atoms with E-state index in [0.29, 0.717) is 6.04 Å². The van der Waals surface area contributed by atoms with Crippen LogP contribution in [0.2, 0.25) is 0 Å². The molecule has 5 heteroatoms. The molecule has 0 saturated heterocycles. The molecule has 84 valence electrons. The topological polar surface area (TPSA) is 55.1 Å². The van der Waals surface area contributed by atoms with E-state index in [-0.39, 0.29) is 0 Å². The van der Waals surface area contributed by atoms with Crippen LogP contribution >= 0.6 is 0 Å². The Kier molecular flexibility index (Phi) is 2.44. The van der Waals surface area contributed by atoms with Crippen LogP contribution in [0.1, 0.15) is 32.1 Å². The molecule has 2 aromatic heterocycles. The third-order valence-corrected chi connectivity index (χ3v) is 3.16. The zero-order chi connectivity index (χ0) is 10.8. The summed E-state index contributed by atoms with van der Waals surface area (Å²) in [6.45, 7) is 0. The Balaban J connectivity index is 1.85. The molecule has 0 atom stereocenters. The Bertz CT molecular complexity index is 472. The Morgan fingerprint density at radius 1 is 1.25 bits per heavy atom. The van der Waals surface area contributed by atoms with Crippen molar-refractivity contribution in [2.45, 2.75) is 38.1 Å². The van der Waals surface area contributed by atoms with Gasteiger partial charge in [-0.3, -0.25) is 4.40 Å². The monoisotopic (exact) mass is 217 g/mol. The maximum Gasteiger partial charge on any atom is 0.203 e.